The zero-order valence-electron chi connectivity index (χ0n) is 11.0. The lowest BCUT2D eigenvalue weighted by atomic mass is 10.2. The van der Waals surface area contributed by atoms with E-state index in [9.17, 15) is 0 Å². The van der Waals surface area contributed by atoms with Gasteiger partial charge in [-0.1, -0.05) is 24.3 Å². The zero-order valence-corrected chi connectivity index (χ0v) is 11.8. The van der Waals surface area contributed by atoms with E-state index >= 15 is 0 Å². The van der Waals surface area contributed by atoms with Gasteiger partial charge < -0.3 is 15.4 Å². The molecule has 2 aromatic carbocycles. The van der Waals surface area contributed by atoms with Crippen LogP contribution in [-0.4, -0.2) is 12.2 Å². The number of hydrogen-bond acceptors (Lipinski definition) is 2. The molecule has 0 unspecified atom stereocenters. The number of ether oxygens (including phenoxy) is 1. The van der Waals surface area contributed by atoms with Crippen LogP contribution < -0.4 is 15.4 Å². The van der Waals surface area contributed by atoms with Crippen molar-refractivity contribution in [3.05, 3.63) is 54.1 Å². The van der Waals surface area contributed by atoms with Crippen molar-refractivity contribution in [1.29, 1.82) is 0 Å². The fraction of sp³-hybridized carbons (Fsp3) is 0.133. The van der Waals surface area contributed by atoms with E-state index in [1.54, 1.807) is 4.90 Å². The molecule has 0 atom stereocenters. The highest BCUT2D eigenvalue weighted by molar-refractivity contribution is 7.80. The molecule has 19 heavy (non-hydrogen) atoms. The number of thiocarbonyl (C=S) groups is 1. The summed E-state index contributed by atoms with van der Waals surface area (Å²) in [6.45, 7) is 2.03. The molecule has 0 fully saturated rings. The first-order valence-corrected chi connectivity index (χ1v) is 6.35. The standard InChI is InChI=1S/C15H16N2OS/c1-11-6-5-7-12(10-11)18-14-9-4-3-8-13(14)17(2)15(16)19/h3-10H,1-2H3,(H2,16,19). The second-order valence-corrected chi connectivity index (χ2v) is 4.70. The van der Waals surface area contributed by atoms with Gasteiger partial charge in [-0.25, -0.2) is 0 Å². The molecule has 0 aliphatic carbocycles. The van der Waals surface area contributed by atoms with E-state index in [-0.39, 0.29) is 0 Å². The van der Waals surface area contributed by atoms with E-state index in [0.29, 0.717) is 5.11 Å². The van der Waals surface area contributed by atoms with Crippen LogP contribution in [0.25, 0.3) is 0 Å². The number of hydrogen-bond donors (Lipinski definition) is 1. The minimum atomic E-state index is 0.306. The monoisotopic (exact) mass is 272 g/mol. The minimum Gasteiger partial charge on any atom is -0.455 e. The van der Waals surface area contributed by atoms with Crippen LogP contribution in [0.2, 0.25) is 0 Å². The predicted molar refractivity (Wildman–Crippen MR) is 82.9 cm³/mol. The van der Waals surface area contributed by atoms with E-state index in [2.05, 4.69) is 0 Å². The van der Waals surface area contributed by atoms with Crippen molar-refractivity contribution in [3.63, 3.8) is 0 Å². The van der Waals surface area contributed by atoms with Crippen LogP contribution >= 0.6 is 12.2 Å². The largest absolute Gasteiger partial charge is 0.455 e. The Balaban J connectivity index is 2.33. The summed E-state index contributed by atoms with van der Waals surface area (Å²) in [5, 5.41) is 0.306. The van der Waals surface area contributed by atoms with Gasteiger partial charge in [-0.05, 0) is 49.0 Å². The molecule has 0 amide bonds. The Morgan fingerprint density at radius 1 is 1.16 bits per heavy atom. The molecule has 0 saturated heterocycles. The summed E-state index contributed by atoms with van der Waals surface area (Å²) in [5.74, 6) is 1.52. The van der Waals surface area contributed by atoms with E-state index in [4.69, 9.17) is 22.7 Å². The Kier molecular flexibility index (Phi) is 4.02. The first-order chi connectivity index (χ1) is 9.08. The van der Waals surface area contributed by atoms with Gasteiger partial charge in [0.15, 0.2) is 10.9 Å². The molecular formula is C15H16N2OS. The Morgan fingerprint density at radius 3 is 2.58 bits per heavy atom. The highest BCUT2D eigenvalue weighted by Gasteiger charge is 2.10. The highest BCUT2D eigenvalue weighted by atomic mass is 32.1. The second kappa shape index (κ2) is 5.71. The molecule has 0 heterocycles. The average molecular weight is 272 g/mol. The number of rotatable bonds is 3. The molecule has 0 radical (unpaired) electrons. The summed E-state index contributed by atoms with van der Waals surface area (Å²) in [4.78, 5) is 1.72. The third-order valence-corrected chi connectivity index (χ3v) is 3.05. The number of aryl methyl sites for hydroxylation is 1. The predicted octanol–water partition coefficient (Wildman–Crippen LogP) is 3.47. The Hall–Kier alpha value is -2.07. The fourth-order valence-electron chi connectivity index (χ4n) is 1.75. The quantitative estimate of drug-likeness (QED) is 0.868. The van der Waals surface area contributed by atoms with Crippen LogP contribution in [0.15, 0.2) is 48.5 Å². The summed E-state index contributed by atoms with van der Waals surface area (Å²) >= 11 is 4.99. The number of benzene rings is 2. The SMILES string of the molecule is Cc1cccc(Oc2ccccc2N(C)C(N)=S)c1. The lowest BCUT2D eigenvalue weighted by Gasteiger charge is -2.20. The average Bonchev–Trinajstić information content (AvgIpc) is 2.38. The van der Waals surface area contributed by atoms with Gasteiger partial charge >= 0.3 is 0 Å². The maximum Gasteiger partial charge on any atom is 0.170 e. The topological polar surface area (TPSA) is 38.5 Å². The molecule has 0 aliphatic rings. The summed E-state index contributed by atoms with van der Waals surface area (Å²) in [6, 6.07) is 15.6. The van der Waals surface area contributed by atoms with Crippen LogP contribution in [0.1, 0.15) is 5.56 Å². The van der Waals surface area contributed by atoms with Crippen LogP contribution in [-0.2, 0) is 0 Å². The van der Waals surface area contributed by atoms with Gasteiger partial charge in [0.1, 0.15) is 5.75 Å². The van der Waals surface area contributed by atoms with Crippen LogP contribution in [0, 0.1) is 6.92 Å². The van der Waals surface area contributed by atoms with E-state index in [0.717, 1.165) is 22.7 Å². The van der Waals surface area contributed by atoms with E-state index in [1.165, 1.54) is 0 Å². The van der Waals surface area contributed by atoms with Gasteiger partial charge in [-0.2, -0.15) is 0 Å². The molecule has 0 aromatic heterocycles. The number of nitrogens with two attached hydrogens (primary N) is 1. The Labute approximate surface area is 118 Å². The van der Waals surface area contributed by atoms with Crippen LogP contribution in [0.4, 0.5) is 5.69 Å². The molecule has 0 bridgehead atoms. The number of para-hydroxylation sites is 2. The first-order valence-electron chi connectivity index (χ1n) is 5.94. The molecule has 98 valence electrons. The van der Waals surface area contributed by atoms with E-state index in [1.807, 2.05) is 62.5 Å². The second-order valence-electron chi connectivity index (χ2n) is 4.28. The number of nitrogens with zero attached hydrogens (tertiary/aromatic N) is 1. The van der Waals surface area contributed by atoms with Gasteiger partial charge in [0, 0.05) is 7.05 Å². The molecule has 4 heteroatoms. The lowest BCUT2D eigenvalue weighted by molar-refractivity contribution is 0.483. The van der Waals surface area contributed by atoms with Crippen molar-refractivity contribution < 1.29 is 4.74 Å². The first kappa shape index (κ1) is 13.4. The Bertz CT molecular complexity index is 598. The molecule has 2 N–H and O–H groups in total. The summed E-state index contributed by atoms with van der Waals surface area (Å²) in [7, 11) is 1.82. The third-order valence-electron chi connectivity index (χ3n) is 2.77. The van der Waals surface area contributed by atoms with Crippen molar-refractivity contribution >= 4 is 23.0 Å². The third kappa shape index (κ3) is 3.23. The summed E-state index contributed by atoms with van der Waals surface area (Å²) in [5.41, 5.74) is 7.65. The van der Waals surface area contributed by atoms with Gasteiger partial charge in [0.05, 0.1) is 5.69 Å². The highest BCUT2D eigenvalue weighted by Crippen LogP contribution is 2.31. The minimum absolute atomic E-state index is 0.306. The van der Waals surface area contributed by atoms with Crippen molar-refractivity contribution in [2.24, 2.45) is 5.73 Å². The zero-order chi connectivity index (χ0) is 13.8. The van der Waals surface area contributed by atoms with Gasteiger partial charge in [0.2, 0.25) is 0 Å². The molecule has 3 nitrogen and oxygen atoms in total. The van der Waals surface area contributed by atoms with Crippen molar-refractivity contribution in [2.45, 2.75) is 6.92 Å². The molecule has 0 saturated carbocycles. The van der Waals surface area contributed by atoms with Crippen molar-refractivity contribution in [2.75, 3.05) is 11.9 Å². The molecule has 2 aromatic rings. The maximum atomic E-state index is 5.90. The van der Waals surface area contributed by atoms with Gasteiger partial charge in [-0.15, -0.1) is 0 Å². The van der Waals surface area contributed by atoms with Crippen LogP contribution in [0.5, 0.6) is 11.5 Å². The van der Waals surface area contributed by atoms with Crippen LogP contribution in [0.3, 0.4) is 0 Å². The van der Waals surface area contributed by atoms with Gasteiger partial charge in [0.25, 0.3) is 0 Å². The fourth-order valence-corrected chi connectivity index (χ4v) is 1.84. The molecule has 2 rings (SSSR count). The smallest absolute Gasteiger partial charge is 0.170 e. The molecular weight excluding hydrogens is 256 g/mol. The Morgan fingerprint density at radius 2 is 1.89 bits per heavy atom. The normalized spacial score (nSPS) is 10.0. The van der Waals surface area contributed by atoms with E-state index < -0.39 is 0 Å². The maximum absolute atomic E-state index is 5.90. The molecule has 0 spiro atoms. The van der Waals surface area contributed by atoms with Gasteiger partial charge in [-0.3, -0.25) is 0 Å². The molecule has 0 aliphatic heterocycles. The number of anilines is 1. The summed E-state index contributed by atoms with van der Waals surface area (Å²) in [6.07, 6.45) is 0. The van der Waals surface area contributed by atoms with Crippen molar-refractivity contribution in [1.82, 2.24) is 0 Å². The summed E-state index contributed by atoms with van der Waals surface area (Å²) < 4.78 is 5.90. The van der Waals surface area contributed by atoms with Crippen molar-refractivity contribution in [3.8, 4) is 11.5 Å². The lowest BCUT2D eigenvalue weighted by Crippen LogP contribution is -2.31.